The molecule has 3 aromatic rings. The Balaban J connectivity index is 1.59. The van der Waals surface area contributed by atoms with Gasteiger partial charge in [-0.3, -0.25) is 14.9 Å². The van der Waals surface area contributed by atoms with E-state index >= 15 is 0 Å². The number of nitrogens with zero attached hydrogens (tertiary/aromatic N) is 2. The molecular formula is C21H18ClN3O5. The van der Waals surface area contributed by atoms with E-state index in [1.165, 1.54) is 18.2 Å². The predicted octanol–water partition coefficient (Wildman–Crippen LogP) is 4.60. The van der Waals surface area contributed by atoms with Crippen LogP contribution in [-0.4, -0.2) is 37.1 Å². The summed E-state index contributed by atoms with van der Waals surface area (Å²) in [6, 6.07) is 14.5. The Morgan fingerprint density at radius 1 is 1.10 bits per heavy atom. The molecule has 0 spiro atoms. The van der Waals surface area contributed by atoms with Gasteiger partial charge in [-0.15, -0.1) is 0 Å². The SMILES string of the molecule is O=C(Nc1cc(Cl)ccc1N1CCOCC1)c1ccc(-c2ccccc2[N+](=O)[O-])o1. The van der Waals surface area contributed by atoms with E-state index in [-0.39, 0.29) is 17.2 Å². The summed E-state index contributed by atoms with van der Waals surface area (Å²) in [7, 11) is 0. The van der Waals surface area contributed by atoms with E-state index in [1.54, 1.807) is 30.3 Å². The highest BCUT2D eigenvalue weighted by Crippen LogP contribution is 2.33. The van der Waals surface area contributed by atoms with E-state index in [2.05, 4.69) is 10.2 Å². The highest BCUT2D eigenvalue weighted by molar-refractivity contribution is 6.31. The number of morpholine rings is 1. The van der Waals surface area contributed by atoms with Crippen LogP contribution >= 0.6 is 11.6 Å². The number of hydrogen-bond acceptors (Lipinski definition) is 6. The van der Waals surface area contributed by atoms with Crippen molar-refractivity contribution in [3.05, 3.63) is 75.5 Å². The van der Waals surface area contributed by atoms with Gasteiger partial charge in [-0.05, 0) is 36.4 Å². The van der Waals surface area contributed by atoms with Crippen molar-refractivity contribution in [2.45, 2.75) is 0 Å². The van der Waals surface area contributed by atoms with E-state index < -0.39 is 10.8 Å². The molecule has 0 saturated carbocycles. The number of benzene rings is 2. The van der Waals surface area contributed by atoms with Crippen molar-refractivity contribution in [3.63, 3.8) is 0 Å². The van der Waals surface area contributed by atoms with Crippen molar-refractivity contribution in [2.75, 3.05) is 36.5 Å². The van der Waals surface area contributed by atoms with Crippen LogP contribution in [0.15, 0.2) is 59.0 Å². The molecule has 1 aliphatic rings. The summed E-state index contributed by atoms with van der Waals surface area (Å²) in [4.78, 5) is 25.7. The molecule has 1 fully saturated rings. The minimum Gasteiger partial charge on any atom is -0.451 e. The quantitative estimate of drug-likeness (QED) is 0.472. The Bertz CT molecular complexity index is 1090. The number of halogens is 1. The van der Waals surface area contributed by atoms with Gasteiger partial charge in [-0.1, -0.05) is 23.7 Å². The van der Waals surface area contributed by atoms with Crippen LogP contribution in [-0.2, 0) is 4.74 Å². The maximum absolute atomic E-state index is 12.8. The molecule has 9 heteroatoms. The van der Waals surface area contributed by atoms with Gasteiger partial charge in [0.1, 0.15) is 5.76 Å². The van der Waals surface area contributed by atoms with E-state index in [0.29, 0.717) is 42.6 Å². The highest BCUT2D eigenvalue weighted by Gasteiger charge is 2.21. The number of furan rings is 1. The fourth-order valence-corrected chi connectivity index (χ4v) is 3.49. The van der Waals surface area contributed by atoms with Crippen molar-refractivity contribution < 1.29 is 18.9 Å². The molecule has 1 aromatic heterocycles. The summed E-state index contributed by atoms with van der Waals surface area (Å²) in [5.41, 5.74) is 1.60. The van der Waals surface area contributed by atoms with E-state index in [4.69, 9.17) is 20.8 Å². The van der Waals surface area contributed by atoms with Crippen LogP contribution in [0.3, 0.4) is 0 Å². The highest BCUT2D eigenvalue weighted by atomic mass is 35.5. The van der Waals surface area contributed by atoms with Crippen LogP contribution in [0, 0.1) is 10.1 Å². The summed E-state index contributed by atoms with van der Waals surface area (Å²) >= 11 is 6.13. The number of para-hydroxylation sites is 1. The zero-order valence-electron chi connectivity index (χ0n) is 15.8. The van der Waals surface area contributed by atoms with E-state index in [9.17, 15) is 14.9 Å². The molecule has 0 atom stereocenters. The molecule has 8 nitrogen and oxygen atoms in total. The number of carbonyl (C=O) groups excluding carboxylic acids is 1. The molecular weight excluding hydrogens is 410 g/mol. The first-order valence-corrected chi connectivity index (χ1v) is 9.68. The Morgan fingerprint density at radius 3 is 2.63 bits per heavy atom. The van der Waals surface area contributed by atoms with Crippen LogP contribution in [0.4, 0.5) is 17.1 Å². The fourth-order valence-electron chi connectivity index (χ4n) is 3.32. The molecule has 1 aliphatic heterocycles. The van der Waals surface area contributed by atoms with Gasteiger partial charge in [0.25, 0.3) is 11.6 Å². The molecule has 0 aliphatic carbocycles. The second-order valence-electron chi connectivity index (χ2n) is 6.65. The van der Waals surface area contributed by atoms with Gasteiger partial charge in [0.05, 0.1) is 35.1 Å². The number of nitro groups is 1. The third-order valence-corrected chi connectivity index (χ3v) is 4.99. The molecule has 154 valence electrons. The summed E-state index contributed by atoms with van der Waals surface area (Å²) < 4.78 is 11.0. The number of nitrogens with one attached hydrogen (secondary N) is 1. The number of hydrogen-bond donors (Lipinski definition) is 1. The molecule has 2 aromatic carbocycles. The smallest absolute Gasteiger partial charge is 0.291 e. The largest absolute Gasteiger partial charge is 0.451 e. The lowest BCUT2D eigenvalue weighted by Gasteiger charge is -2.30. The van der Waals surface area contributed by atoms with Crippen molar-refractivity contribution in [1.29, 1.82) is 0 Å². The van der Waals surface area contributed by atoms with Gasteiger partial charge in [0.2, 0.25) is 0 Å². The summed E-state index contributed by atoms with van der Waals surface area (Å²) in [5.74, 6) is -0.195. The van der Waals surface area contributed by atoms with Crippen molar-refractivity contribution >= 4 is 34.6 Å². The molecule has 1 saturated heterocycles. The van der Waals surface area contributed by atoms with Gasteiger partial charge >= 0.3 is 0 Å². The second kappa shape index (κ2) is 8.56. The third-order valence-electron chi connectivity index (χ3n) is 4.75. The van der Waals surface area contributed by atoms with Gasteiger partial charge in [0.15, 0.2) is 5.76 Å². The number of nitro benzene ring substituents is 1. The first-order valence-electron chi connectivity index (χ1n) is 9.30. The van der Waals surface area contributed by atoms with Gasteiger partial charge < -0.3 is 19.4 Å². The molecule has 4 rings (SSSR count). The van der Waals surface area contributed by atoms with Crippen LogP contribution in [0.5, 0.6) is 0 Å². The topological polar surface area (TPSA) is 97.9 Å². The average Bonchev–Trinajstić information content (AvgIpc) is 3.25. The Kier molecular flexibility index (Phi) is 5.69. The van der Waals surface area contributed by atoms with E-state index in [0.717, 1.165) is 5.69 Å². The lowest BCUT2D eigenvalue weighted by atomic mass is 10.1. The summed E-state index contributed by atoms with van der Waals surface area (Å²) in [6.45, 7) is 2.61. The Labute approximate surface area is 177 Å². The normalized spacial score (nSPS) is 13.8. The molecule has 0 radical (unpaired) electrons. The zero-order valence-corrected chi connectivity index (χ0v) is 16.6. The summed E-state index contributed by atoms with van der Waals surface area (Å²) in [6.07, 6.45) is 0. The van der Waals surface area contributed by atoms with Crippen LogP contribution in [0.25, 0.3) is 11.3 Å². The number of anilines is 2. The lowest BCUT2D eigenvalue weighted by Crippen LogP contribution is -2.36. The first kappa shape index (κ1) is 19.9. The average molecular weight is 428 g/mol. The maximum atomic E-state index is 12.8. The molecule has 1 amide bonds. The second-order valence-corrected chi connectivity index (χ2v) is 7.09. The maximum Gasteiger partial charge on any atom is 0.291 e. The minimum absolute atomic E-state index is 0.0380. The van der Waals surface area contributed by atoms with Gasteiger partial charge in [-0.2, -0.15) is 0 Å². The fraction of sp³-hybridized carbons (Fsp3) is 0.190. The number of ether oxygens (including phenoxy) is 1. The first-order chi connectivity index (χ1) is 14.5. The molecule has 1 N–H and O–H groups in total. The standard InChI is InChI=1S/C21H18ClN3O5/c22-14-5-6-18(24-9-11-29-12-10-24)16(13-14)23-21(26)20-8-7-19(30-20)15-3-1-2-4-17(15)25(27)28/h1-8,13H,9-12H2,(H,23,26). The molecule has 0 unspecified atom stereocenters. The number of rotatable bonds is 5. The van der Waals surface area contributed by atoms with Crippen molar-refractivity contribution in [2.24, 2.45) is 0 Å². The Morgan fingerprint density at radius 2 is 1.87 bits per heavy atom. The summed E-state index contributed by atoms with van der Waals surface area (Å²) in [5, 5.41) is 14.6. The predicted molar refractivity (Wildman–Crippen MR) is 113 cm³/mol. The number of amides is 1. The zero-order chi connectivity index (χ0) is 21.1. The Hall–Kier alpha value is -3.36. The monoisotopic (exact) mass is 427 g/mol. The van der Waals surface area contributed by atoms with Crippen molar-refractivity contribution in [1.82, 2.24) is 0 Å². The van der Waals surface area contributed by atoms with Crippen LogP contribution in [0.2, 0.25) is 5.02 Å². The van der Waals surface area contributed by atoms with Crippen LogP contribution in [0.1, 0.15) is 10.6 Å². The molecule has 0 bridgehead atoms. The third kappa shape index (κ3) is 4.14. The van der Waals surface area contributed by atoms with Crippen molar-refractivity contribution in [3.8, 4) is 11.3 Å². The van der Waals surface area contributed by atoms with Crippen LogP contribution < -0.4 is 10.2 Å². The van der Waals surface area contributed by atoms with Gasteiger partial charge in [-0.25, -0.2) is 0 Å². The van der Waals surface area contributed by atoms with Gasteiger partial charge in [0, 0.05) is 24.2 Å². The molecule has 30 heavy (non-hydrogen) atoms. The number of carbonyl (C=O) groups is 1. The molecule has 2 heterocycles. The lowest BCUT2D eigenvalue weighted by molar-refractivity contribution is -0.384. The minimum atomic E-state index is -0.488. The van der Waals surface area contributed by atoms with E-state index in [1.807, 2.05) is 6.07 Å².